The minimum Gasteiger partial charge on any atom is -0.480 e. The molecule has 5 unspecified atom stereocenters. The van der Waals surface area contributed by atoms with E-state index in [1.54, 1.807) is 6.92 Å². The Bertz CT molecular complexity index is 712. The van der Waals surface area contributed by atoms with Crippen LogP contribution in [-0.2, 0) is 19.2 Å². The van der Waals surface area contributed by atoms with Crippen molar-refractivity contribution in [2.75, 3.05) is 13.2 Å². The molecule has 0 heterocycles. The molecule has 0 rings (SSSR count). The first kappa shape index (κ1) is 31.1. The molecule has 0 aliphatic rings. The van der Waals surface area contributed by atoms with E-state index < -0.39 is 54.5 Å². The van der Waals surface area contributed by atoms with E-state index in [-0.39, 0.29) is 37.2 Å². The van der Waals surface area contributed by atoms with Gasteiger partial charge in [0.05, 0.1) is 12.6 Å². The van der Waals surface area contributed by atoms with Crippen molar-refractivity contribution < 1.29 is 29.4 Å². The minimum absolute atomic E-state index is 0.0238. The summed E-state index contributed by atoms with van der Waals surface area (Å²) in [5.74, 6) is -3.68. The Hall–Kier alpha value is -2.93. The van der Waals surface area contributed by atoms with Gasteiger partial charge in [-0.15, -0.1) is 0 Å². The summed E-state index contributed by atoms with van der Waals surface area (Å²) in [6, 6.07) is -4.48. The van der Waals surface area contributed by atoms with E-state index in [2.05, 4.69) is 20.9 Å². The number of hydrogen-bond donors (Lipinski definition) is 8. The van der Waals surface area contributed by atoms with E-state index in [1.807, 2.05) is 20.8 Å². The van der Waals surface area contributed by atoms with Gasteiger partial charge < -0.3 is 43.4 Å². The van der Waals surface area contributed by atoms with E-state index in [0.717, 1.165) is 0 Å². The zero-order chi connectivity index (χ0) is 26.4. The third kappa shape index (κ3) is 11.8. The van der Waals surface area contributed by atoms with Gasteiger partial charge in [0.2, 0.25) is 17.7 Å². The summed E-state index contributed by atoms with van der Waals surface area (Å²) in [5, 5.41) is 26.4. The summed E-state index contributed by atoms with van der Waals surface area (Å²) in [5.41, 5.74) is 16.3. The Morgan fingerprint density at radius 1 is 0.941 bits per heavy atom. The predicted molar refractivity (Wildman–Crippen MR) is 127 cm³/mol. The second-order valence-electron chi connectivity index (χ2n) is 8.70. The summed E-state index contributed by atoms with van der Waals surface area (Å²) >= 11 is 0. The van der Waals surface area contributed by atoms with Crippen LogP contribution in [0.1, 0.15) is 53.4 Å². The first-order chi connectivity index (χ1) is 15.8. The Morgan fingerprint density at radius 2 is 1.53 bits per heavy atom. The molecule has 0 saturated carbocycles. The number of hydrogen-bond acceptors (Lipinski definition) is 7. The van der Waals surface area contributed by atoms with Crippen LogP contribution in [0.25, 0.3) is 0 Å². The molecule has 3 amide bonds. The number of aliphatic hydroxyl groups is 1. The molecular formula is C21H41N7O6. The highest BCUT2D eigenvalue weighted by atomic mass is 16.4. The fourth-order valence-electron chi connectivity index (χ4n) is 3.03. The van der Waals surface area contributed by atoms with Crippen LogP contribution in [0.5, 0.6) is 0 Å². The average Bonchev–Trinajstić information content (AvgIpc) is 2.76. The number of nitrogens with two attached hydrogens (primary N) is 3. The van der Waals surface area contributed by atoms with Gasteiger partial charge >= 0.3 is 5.97 Å². The summed E-state index contributed by atoms with van der Waals surface area (Å²) < 4.78 is 0. The van der Waals surface area contributed by atoms with Crippen molar-refractivity contribution in [3.05, 3.63) is 0 Å². The van der Waals surface area contributed by atoms with Crippen molar-refractivity contribution in [2.45, 2.75) is 77.5 Å². The van der Waals surface area contributed by atoms with Gasteiger partial charge in [-0.05, 0) is 31.1 Å². The van der Waals surface area contributed by atoms with Crippen LogP contribution in [0, 0.1) is 11.8 Å². The Balaban J connectivity index is 5.19. The van der Waals surface area contributed by atoms with E-state index in [4.69, 9.17) is 17.2 Å². The summed E-state index contributed by atoms with van der Waals surface area (Å²) in [6.45, 7) is 6.76. The maximum Gasteiger partial charge on any atom is 0.326 e. The van der Waals surface area contributed by atoms with Crippen molar-refractivity contribution in [3.63, 3.8) is 0 Å². The van der Waals surface area contributed by atoms with Gasteiger partial charge in [0.1, 0.15) is 18.1 Å². The van der Waals surface area contributed by atoms with Crippen LogP contribution < -0.4 is 33.2 Å². The minimum atomic E-state index is -1.35. The number of carbonyl (C=O) groups is 4. The largest absolute Gasteiger partial charge is 0.480 e. The third-order valence-corrected chi connectivity index (χ3v) is 5.23. The second kappa shape index (κ2) is 15.8. The van der Waals surface area contributed by atoms with Gasteiger partial charge in [-0.1, -0.05) is 34.1 Å². The zero-order valence-corrected chi connectivity index (χ0v) is 20.4. The van der Waals surface area contributed by atoms with Crippen LogP contribution in [0.15, 0.2) is 4.99 Å². The van der Waals surface area contributed by atoms with E-state index in [1.165, 1.54) is 0 Å². The maximum absolute atomic E-state index is 12.8. The van der Waals surface area contributed by atoms with Crippen LogP contribution in [-0.4, -0.2) is 77.2 Å². The number of carboxylic acid groups (broad SMARTS) is 1. The number of nitrogens with one attached hydrogen (secondary N) is 3. The maximum atomic E-state index is 12.8. The average molecular weight is 488 g/mol. The molecule has 13 nitrogen and oxygen atoms in total. The van der Waals surface area contributed by atoms with Gasteiger partial charge in [0.15, 0.2) is 5.96 Å². The molecule has 196 valence electrons. The molecule has 5 atom stereocenters. The number of nitrogens with zero attached hydrogens (tertiary/aromatic N) is 1. The standard InChI is InChI=1S/C21H41N7O6/c1-5-12(4)16(19(32)26-14(20(33)34)9-11(2)3)28-18(31)15(10-29)27-17(30)13(22)7-6-8-25-21(23)24/h11-16,29H,5-10,22H2,1-4H3,(H,26,32)(H,27,30)(H,28,31)(H,33,34)(H4,23,24,25). The fourth-order valence-corrected chi connectivity index (χ4v) is 3.03. The molecule has 0 aliphatic heterocycles. The van der Waals surface area contributed by atoms with Crippen molar-refractivity contribution in [1.82, 2.24) is 16.0 Å². The summed E-state index contributed by atoms with van der Waals surface area (Å²) in [4.78, 5) is 53.2. The number of amides is 3. The van der Waals surface area contributed by atoms with E-state index >= 15 is 0 Å². The molecule has 0 aromatic heterocycles. The van der Waals surface area contributed by atoms with E-state index in [0.29, 0.717) is 12.8 Å². The number of guanidine groups is 1. The Labute approximate surface area is 200 Å². The summed E-state index contributed by atoms with van der Waals surface area (Å²) in [7, 11) is 0. The van der Waals surface area contributed by atoms with Crippen LogP contribution in [0.3, 0.4) is 0 Å². The molecule has 34 heavy (non-hydrogen) atoms. The molecule has 0 bridgehead atoms. The topological polar surface area (TPSA) is 235 Å². The lowest BCUT2D eigenvalue weighted by atomic mass is 9.96. The molecule has 0 spiro atoms. The van der Waals surface area contributed by atoms with Gasteiger partial charge in [-0.3, -0.25) is 19.4 Å². The van der Waals surface area contributed by atoms with Gasteiger partial charge in [0, 0.05) is 6.54 Å². The van der Waals surface area contributed by atoms with Gasteiger partial charge in [-0.25, -0.2) is 4.79 Å². The monoisotopic (exact) mass is 487 g/mol. The molecule has 0 fully saturated rings. The van der Waals surface area contributed by atoms with Crippen molar-refractivity contribution in [3.8, 4) is 0 Å². The predicted octanol–water partition coefficient (Wildman–Crippen LogP) is -2.01. The molecule has 0 radical (unpaired) electrons. The first-order valence-corrected chi connectivity index (χ1v) is 11.4. The molecule has 13 heteroatoms. The van der Waals surface area contributed by atoms with Crippen molar-refractivity contribution >= 4 is 29.7 Å². The van der Waals surface area contributed by atoms with Crippen LogP contribution in [0.4, 0.5) is 0 Å². The number of carbonyl (C=O) groups excluding carboxylic acids is 3. The Kier molecular flexibility index (Phi) is 14.5. The molecule has 0 saturated heterocycles. The Morgan fingerprint density at radius 3 is 2.00 bits per heavy atom. The molecule has 0 aliphatic carbocycles. The second-order valence-corrected chi connectivity index (χ2v) is 8.70. The van der Waals surface area contributed by atoms with Crippen LogP contribution in [0.2, 0.25) is 0 Å². The smallest absolute Gasteiger partial charge is 0.326 e. The molecule has 11 N–H and O–H groups in total. The van der Waals surface area contributed by atoms with Crippen LogP contribution >= 0.6 is 0 Å². The number of rotatable bonds is 16. The molecule has 0 aromatic carbocycles. The van der Waals surface area contributed by atoms with E-state index in [9.17, 15) is 29.4 Å². The lowest BCUT2D eigenvalue weighted by Gasteiger charge is -2.28. The SMILES string of the molecule is CCC(C)C(NC(=O)C(CO)NC(=O)C(N)CCCN=C(N)N)C(=O)NC(CC(C)C)C(=O)O. The fraction of sp³-hybridized carbons (Fsp3) is 0.762. The quantitative estimate of drug-likeness (QED) is 0.0681. The zero-order valence-electron chi connectivity index (χ0n) is 20.4. The lowest BCUT2D eigenvalue weighted by Crippen LogP contribution is -2.59. The molecule has 0 aromatic rings. The lowest BCUT2D eigenvalue weighted by molar-refractivity contribution is -0.143. The highest BCUT2D eigenvalue weighted by Gasteiger charge is 2.32. The van der Waals surface area contributed by atoms with Crippen molar-refractivity contribution in [1.29, 1.82) is 0 Å². The first-order valence-electron chi connectivity index (χ1n) is 11.4. The third-order valence-electron chi connectivity index (χ3n) is 5.23. The molecular weight excluding hydrogens is 446 g/mol. The number of carboxylic acids is 1. The normalized spacial score (nSPS) is 15.4. The highest BCUT2D eigenvalue weighted by Crippen LogP contribution is 2.11. The summed E-state index contributed by atoms with van der Waals surface area (Å²) in [6.07, 6.45) is 1.41. The number of aliphatic imine (C=N–C) groups is 1. The number of aliphatic carboxylic acids is 1. The van der Waals surface area contributed by atoms with Gasteiger partial charge in [0.25, 0.3) is 0 Å². The van der Waals surface area contributed by atoms with Crippen molar-refractivity contribution in [2.24, 2.45) is 34.0 Å². The van der Waals surface area contributed by atoms with Gasteiger partial charge in [-0.2, -0.15) is 0 Å². The number of aliphatic hydroxyl groups excluding tert-OH is 1. The highest BCUT2D eigenvalue weighted by molar-refractivity contribution is 5.94.